The van der Waals surface area contributed by atoms with Crippen LogP contribution in [-0.2, 0) is 14.8 Å². The van der Waals surface area contributed by atoms with Crippen molar-refractivity contribution in [3.05, 3.63) is 75.2 Å². The summed E-state index contributed by atoms with van der Waals surface area (Å²) in [6.07, 6.45) is 4.42. The molecule has 1 fully saturated rings. The van der Waals surface area contributed by atoms with Gasteiger partial charge in [0.2, 0.25) is 15.9 Å². The van der Waals surface area contributed by atoms with E-state index in [-0.39, 0.29) is 23.0 Å². The molecule has 1 aliphatic rings. The van der Waals surface area contributed by atoms with Crippen LogP contribution in [0.1, 0.15) is 54.5 Å². The molecule has 1 aliphatic carbocycles. The maximum atomic E-state index is 14.0. The Labute approximate surface area is 218 Å². The second-order valence-electron chi connectivity index (χ2n) is 9.93. The largest absolute Gasteiger partial charge is 0.325 e. The van der Waals surface area contributed by atoms with Gasteiger partial charge >= 0.3 is 0 Å². The van der Waals surface area contributed by atoms with Gasteiger partial charge in [0.1, 0.15) is 5.82 Å². The Morgan fingerprint density at radius 1 is 1.03 bits per heavy atom. The van der Waals surface area contributed by atoms with Gasteiger partial charge in [-0.15, -0.1) is 0 Å². The second-order valence-corrected chi connectivity index (χ2v) is 11.8. The minimum Gasteiger partial charge on any atom is -0.325 e. The molecule has 8 nitrogen and oxygen atoms in total. The summed E-state index contributed by atoms with van der Waals surface area (Å²) in [5.41, 5.74) is 3.84. The fraction of sp³-hybridized carbons (Fsp3) is 0.393. The van der Waals surface area contributed by atoms with Crippen LogP contribution < -0.4 is 10.9 Å². The number of hydrogen-bond acceptors (Lipinski definition) is 5. The predicted molar refractivity (Wildman–Crippen MR) is 145 cm³/mol. The van der Waals surface area contributed by atoms with E-state index in [0.717, 1.165) is 37.7 Å². The van der Waals surface area contributed by atoms with Crippen LogP contribution in [-0.4, -0.2) is 41.2 Å². The van der Waals surface area contributed by atoms with Crippen LogP contribution in [0.3, 0.4) is 0 Å². The first-order valence-corrected chi connectivity index (χ1v) is 14.1. The van der Waals surface area contributed by atoms with Gasteiger partial charge in [0.15, 0.2) is 0 Å². The molecule has 0 saturated heterocycles. The van der Waals surface area contributed by atoms with Gasteiger partial charge in [-0.3, -0.25) is 9.59 Å². The van der Waals surface area contributed by atoms with Crippen molar-refractivity contribution in [2.75, 3.05) is 11.9 Å². The predicted octanol–water partition coefficient (Wildman–Crippen LogP) is 4.63. The van der Waals surface area contributed by atoms with Crippen LogP contribution in [0.25, 0.3) is 11.4 Å². The molecule has 3 aromatic rings. The summed E-state index contributed by atoms with van der Waals surface area (Å²) >= 11 is 0. The molecule has 37 heavy (non-hydrogen) atoms. The molecule has 0 atom stereocenters. The van der Waals surface area contributed by atoms with Crippen molar-refractivity contribution < 1.29 is 13.2 Å². The zero-order valence-electron chi connectivity index (χ0n) is 21.8. The first-order valence-electron chi connectivity index (χ1n) is 12.6. The molecular weight excluding hydrogens is 488 g/mol. The molecule has 196 valence electrons. The van der Waals surface area contributed by atoms with E-state index in [0.29, 0.717) is 33.9 Å². The molecule has 0 radical (unpaired) electrons. The van der Waals surface area contributed by atoms with E-state index >= 15 is 0 Å². The van der Waals surface area contributed by atoms with E-state index in [2.05, 4.69) is 15.3 Å². The summed E-state index contributed by atoms with van der Waals surface area (Å²) < 4.78 is 29.4. The Balaban J connectivity index is 1.62. The number of H-pyrrole nitrogens is 1. The maximum Gasteiger partial charge on any atom is 0.251 e. The lowest BCUT2D eigenvalue weighted by Gasteiger charge is -2.33. The van der Waals surface area contributed by atoms with Gasteiger partial charge in [0.05, 0.1) is 11.4 Å². The molecule has 1 saturated carbocycles. The van der Waals surface area contributed by atoms with Crippen LogP contribution in [0.5, 0.6) is 0 Å². The van der Waals surface area contributed by atoms with Crippen LogP contribution >= 0.6 is 0 Å². The van der Waals surface area contributed by atoms with E-state index in [9.17, 15) is 18.0 Å². The topological polar surface area (TPSA) is 112 Å². The number of aromatic amines is 1. The van der Waals surface area contributed by atoms with Crippen LogP contribution in [0, 0.1) is 27.7 Å². The van der Waals surface area contributed by atoms with Crippen LogP contribution in [0.4, 0.5) is 5.69 Å². The zero-order chi connectivity index (χ0) is 26.7. The highest BCUT2D eigenvalue weighted by atomic mass is 32.2. The van der Waals surface area contributed by atoms with Crippen molar-refractivity contribution in [1.82, 2.24) is 14.3 Å². The molecule has 0 unspecified atom stereocenters. The summed E-state index contributed by atoms with van der Waals surface area (Å²) in [4.78, 5) is 32.5. The summed E-state index contributed by atoms with van der Waals surface area (Å²) in [7, 11) is -3.90. The molecule has 1 aromatic heterocycles. The number of hydrogen-bond donors (Lipinski definition) is 2. The summed E-state index contributed by atoms with van der Waals surface area (Å²) in [5.74, 6) is -0.0164. The highest BCUT2D eigenvalue weighted by molar-refractivity contribution is 7.89. The number of anilines is 1. The highest BCUT2D eigenvalue weighted by Gasteiger charge is 2.35. The number of benzene rings is 2. The highest BCUT2D eigenvalue weighted by Crippen LogP contribution is 2.31. The first kappa shape index (κ1) is 26.8. The van der Waals surface area contributed by atoms with Crippen molar-refractivity contribution in [2.45, 2.75) is 70.7 Å². The Kier molecular flexibility index (Phi) is 7.94. The minimum atomic E-state index is -3.90. The number of amides is 1. The van der Waals surface area contributed by atoms with Crippen molar-refractivity contribution in [2.24, 2.45) is 0 Å². The summed E-state index contributed by atoms with van der Waals surface area (Å²) in [6.45, 7) is 7.02. The van der Waals surface area contributed by atoms with E-state index in [1.807, 2.05) is 19.1 Å². The van der Waals surface area contributed by atoms with Gasteiger partial charge < -0.3 is 10.3 Å². The van der Waals surface area contributed by atoms with Gasteiger partial charge in [0, 0.05) is 29.1 Å². The van der Waals surface area contributed by atoms with Crippen LogP contribution in [0.15, 0.2) is 52.2 Å². The molecule has 9 heteroatoms. The molecule has 0 spiro atoms. The molecule has 1 amide bonds. The Hall–Kier alpha value is -3.30. The number of carbonyl (C=O) groups is 1. The number of nitrogens with zero attached hydrogens (tertiary/aromatic N) is 2. The van der Waals surface area contributed by atoms with Gasteiger partial charge in [-0.1, -0.05) is 49.1 Å². The zero-order valence-corrected chi connectivity index (χ0v) is 22.6. The van der Waals surface area contributed by atoms with E-state index in [1.165, 1.54) is 10.4 Å². The summed E-state index contributed by atoms with van der Waals surface area (Å²) in [5, 5.41) is 2.85. The van der Waals surface area contributed by atoms with Gasteiger partial charge in [0.25, 0.3) is 5.56 Å². The first-order chi connectivity index (χ1) is 17.5. The maximum absolute atomic E-state index is 14.0. The Morgan fingerprint density at radius 2 is 1.70 bits per heavy atom. The lowest BCUT2D eigenvalue weighted by atomic mass is 9.95. The molecule has 1 heterocycles. The van der Waals surface area contributed by atoms with Crippen molar-refractivity contribution in [1.29, 1.82) is 0 Å². The van der Waals surface area contributed by atoms with E-state index < -0.39 is 15.9 Å². The van der Waals surface area contributed by atoms with Gasteiger partial charge in [-0.25, -0.2) is 13.4 Å². The molecule has 2 N–H and O–H groups in total. The number of aromatic nitrogens is 2. The average Bonchev–Trinajstić information content (AvgIpc) is 2.81. The fourth-order valence-corrected chi connectivity index (χ4v) is 7.33. The molecule has 4 rings (SSSR count). The number of rotatable bonds is 7. The van der Waals surface area contributed by atoms with Crippen molar-refractivity contribution in [3.8, 4) is 11.4 Å². The standard InChI is InChI=1S/C28H34N4O4S/c1-18-13-19(2)27(20(3)14-18)37(35,36)32(24-11-6-5-7-12-24)17-26(34)30-23-10-8-9-22(16-23)28-29-21(4)15-25(33)31-28/h8-10,13-16,24H,5-7,11-12,17H2,1-4H3,(H,30,34)(H,29,31,33). The molecular formula is C28H34N4O4S. The molecule has 0 bridgehead atoms. The molecule has 0 aliphatic heterocycles. The SMILES string of the molecule is Cc1cc(C)c(S(=O)(=O)N(CC(=O)Nc2cccc(-c3nc(C)cc(=O)[nH]3)c2)C2CCCCC2)c(C)c1. The normalized spacial score (nSPS) is 14.6. The average molecular weight is 523 g/mol. The quantitative estimate of drug-likeness (QED) is 0.470. The monoisotopic (exact) mass is 522 g/mol. The number of nitrogens with one attached hydrogen (secondary N) is 2. The third-order valence-corrected chi connectivity index (χ3v) is 8.95. The van der Waals surface area contributed by atoms with E-state index in [1.54, 1.807) is 45.0 Å². The smallest absolute Gasteiger partial charge is 0.251 e. The molecule has 2 aromatic carbocycles. The number of carbonyl (C=O) groups excluding carboxylic acids is 1. The number of sulfonamides is 1. The van der Waals surface area contributed by atoms with Crippen molar-refractivity contribution >= 4 is 21.6 Å². The summed E-state index contributed by atoms with van der Waals surface area (Å²) in [6, 6.07) is 11.9. The Bertz CT molecular complexity index is 1450. The lowest BCUT2D eigenvalue weighted by molar-refractivity contribution is -0.116. The third-order valence-electron chi connectivity index (χ3n) is 6.74. The lowest BCUT2D eigenvalue weighted by Crippen LogP contribution is -2.46. The second kappa shape index (κ2) is 11.0. The minimum absolute atomic E-state index is 0.225. The Morgan fingerprint density at radius 3 is 2.35 bits per heavy atom. The van der Waals surface area contributed by atoms with Crippen molar-refractivity contribution in [3.63, 3.8) is 0 Å². The number of aryl methyl sites for hydroxylation is 4. The van der Waals surface area contributed by atoms with E-state index in [4.69, 9.17) is 0 Å². The van der Waals surface area contributed by atoms with Gasteiger partial charge in [-0.05, 0) is 63.8 Å². The fourth-order valence-electron chi connectivity index (χ4n) is 5.27. The van der Waals surface area contributed by atoms with Crippen LogP contribution in [0.2, 0.25) is 0 Å². The van der Waals surface area contributed by atoms with Gasteiger partial charge in [-0.2, -0.15) is 4.31 Å². The third kappa shape index (κ3) is 6.17.